The largest absolute Gasteiger partial charge is 0.361 e. The zero-order valence-electron chi connectivity index (χ0n) is 18.0. The summed E-state index contributed by atoms with van der Waals surface area (Å²) in [6.07, 6.45) is 0. The lowest BCUT2D eigenvalue weighted by Gasteiger charge is -2.31. The Morgan fingerprint density at radius 2 is 1.81 bits per heavy atom. The van der Waals surface area contributed by atoms with Crippen LogP contribution in [0.5, 0.6) is 0 Å². The predicted octanol–water partition coefficient (Wildman–Crippen LogP) is 6.40. The SMILES string of the molecule is CC(C)(C)[Si](C)(C)C#Cc1nc2cc(Cl)ccc2n1COCC[Si](C)(C)C. The van der Waals surface area contributed by atoms with E-state index in [9.17, 15) is 0 Å². The first-order valence-corrected chi connectivity index (χ1v) is 16.7. The summed E-state index contributed by atoms with van der Waals surface area (Å²) in [6, 6.07) is 6.95. The van der Waals surface area contributed by atoms with E-state index in [1.54, 1.807) is 0 Å². The molecule has 27 heavy (non-hydrogen) atoms. The molecule has 2 rings (SSSR count). The van der Waals surface area contributed by atoms with Crippen LogP contribution in [-0.2, 0) is 11.5 Å². The summed E-state index contributed by atoms with van der Waals surface area (Å²) in [4.78, 5) is 4.74. The highest BCUT2D eigenvalue weighted by atomic mass is 35.5. The van der Waals surface area contributed by atoms with E-state index in [0.717, 1.165) is 29.5 Å². The Bertz CT molecular complexity index is 864. The van der Waals surface area contributed by atoms with Gasteiger partial charge in [0.2, 0.25) is 0 Å². The van der Waals surface area contributed by atoms with Crippen LogP contribution in [0.2, 0.25) is 48.8 Å². The van der Waals surface area contributed by atoms with Crippen molar-refractivity contribution in [2.75, 3.05) is 6.61 Å². The van der Waals surface area contributed by atoms with E-state index in [2.05, 4.69) is 69.5 Å². The lowest BCUT2D eigenvalue weighted by molar-refractivity contribution is 0.0893. The van der Waals surface area contributed by atoms with Gasteiger partial charge in [-0.05, 0) is 35.2 Å². The van der Waals surface area contributed by atoms with Crippen LogP contribution in [0.3, 0.4) is 0 Å². The van der Waals surface area contributed by atoms with Crippen LogP contribution in [0.1, 0.15) is 26.6 Å². The van der Waals surface area contributed by atoms with Gasteiger partial charge in [0.05, 0.1) is 11.0 Å². The van der Waals surface area contributed by atoms with Crippen molar-refractivity contribution in [3.05, 3.63) is 29.0 Å². The van der Waals surface area contributed by atoms with Gasteiger partial charge in [0.15, 0.2) is 5.82 Å². The lowest BCUT2D eigenvalue weighted by atomic mass is 10.2. The molecule has 0 atom stereocenters. The molecule has 0 unspecified atom stereocenters. The van der Waals surface area contributed by atoms with E-state index in [1.807, 2.05) is 18.2 Å². The van der Waals surface area contributed by atoms with Gasteiger partial charge in [-0.2, -0.15) is 0 Å². The second kappa shape index (κ2) is 8.12. The van der Waals surface area contributed by atoms with Crippen molar-refractivity contribution in [3.63, 3.8) is 0 Å². The Balaban J connectivity index is 2.35. The van der Waals surface area contributed by atoms with Crippen LogP contribution in [0, 0.1) is 11.5 Å². The van der Waals surface area contributed by atoms with Crippen molar-refractivity contribution in [1.29, 1.82) is 0 Å². The number of hydrogen-bond acceptors (Lipinski definition) is 2. The van der Waals surface area contributed by atoms with Gasteiger partial charge in [-0.15, -0.1) is 5.54 Å². The highest BCUT2D eigenvalue weighted by molar-refractivity contribution is 6.87. The normalized spacial score (nSPS) is 12.9. The fourth-order valence-corrected chi connectivity index (χ4v) is 3.99. The van der Waals surface area contributed by atoms with Crippen LogP contribution in [-0.4, -0.2) is 32.3 Å². The maximum absolute atomic E-state index is 6.16. The predicted molar refractivity (Wildman–Crippen MR) is 123 cm³/mol. The minimum absolute atomic E-state index is 0.216. The minimum Gasteiger partial charge on any atom is -0.361 e. The quantitative estimate of drug-likeness (QED) is 0.317. The smallest absolute Gasteiger partial charge is 0.187 e. The van der Waals surface area contributed by atoms with Crippen molar-refractivity contribution in [3.8, 4) is 11.5 Å². The Kier molecular flexibility index (Phi) is 6.69. The molecule has 0 bridgehead atoms. The molecule has 1 aromatic heterocycles. The molecule has 0 aliphatic heterocycles. The fraction of sp³-hybridized carbons (Fsp3) is 0.571. The van der Waals surface area contributed by atoms with Gasteiger partial charge in [-0.3, -0.25) is 4.57 Å². The average molecular weight is 421 g/mol. The third kappa shape index (κ3) is 5.95. The van der Waals surface area contributed by atoms with Crippen molar-refractivity contribution in [1.82, 2.24) is 9.55 Å². The molecule has 0 N–H and O–H groups in total. The van der Waals surface area contributed by atoms with Crippen LogP contribution in [0.25, 0.3) is 11.0 Å². The van der Waals surface area contributed by atoms with Gasteiger partial charge in [0.1, 0.15) is 14.8 Å². The highest BCUT2D eigenvalue weighted by Crippen LogP contribution is 2.35. The molecule has 3 nitrogen and oxygen atoms in total. The topological polar surface area (TPSA) is 27.1 Å². The van der Waals surface area contributed by atoms with E-state index in [1.165, 1.54) is 0 Å². The first kappa shape index (κ1) is 22.2. The summed E-state index contributed by atoms with van der Waals surface area (Å²) in [5, 5.41) is 0.907. The van der Waals surface area contributed by atoms with Gasteiger partial charge in [0.25, 0.3) is 0 Å². The summed E-state index contributed by atoms with van der Waals surface area (Å²) < 4.78 is 8.08. The molecule has 0 amide bonds. The van der Waals surface area contributed by atoms with Crippen LogP contribution in [0.4, 0.5) is 0 Å². The first-order valence-electron chi connectivity index (χ1n) is 9.57. The van der Waals surface area contributed by atoms with Crippen molar-refractivity contribution >= 4 is 38.8 Å². The van der Waals surface area contributed by atoms with Gasteiger partial charge in [-0.1, -0.05) is 65.1 Å². The fourth-order valence-electron chi connectivity index (χ4n) is 2.26. The third-order valence-electron chi connectivity index (χ3n) is 5.29. The summed E-state index contributed by atoms with van der Waals surface area (Å²) in [5.74, 6) is 4.14. The van der Waals surface area contributed by atoms with Crippen LogP contribution >= 0.6 is 11.6 Å². The van der Waals surface area contributed by atoms with E-state index in [-0.39, 0.29) is 5.04 Å². The number of imidazole rings is 1. The van der Waals surface area contributed by atoms with Gasteiger partial charge in [0, 0.05) is 19.7 Å². The molecule has 0 saturated heterocycles. The standard InChI is InChI=1S/C21H33ClN2OSi2/c1-21(2,3)27(7,8)13-11-20-23-18-15-17(22)9-10-19(18)24(20)16-25-12-14-26(4,5)6/h9-10,15H,12,14,16H2,1-8H3. The minimum atomic E-state index is -1.71. The van der Waals surface area contributed by atoms with E-state index >= 15 is 0 Å². The van der Waals surface area contributed by atoms with E-state index in [4.69, 9.17) is 21.3 Å². The maximum atomic E-state index is 6.16. The third-order valence-corrected chi connectivity index (χ3v) is 11.7. The zero-order chi connectivity index (χ0) is 20.5. The molecule has 2 aromatic rings. The molecule has 148 valence electrons. The molecule has 0 fully saturated rings. The van der Waals surface area contributed by atoms with Gasteiger partial charge >= 0.3 is 0 Å². The number of hydrogen-bond donors (Lipinski definition) is 0. The zero-order valence-corrected chi connectivity index (χ0v) is 20.8. The molecule has 6 heteroatoms. The van der Waals surface area contributed by atoms with E-state index in [0.29, 0.717) is 11.8 Å². The summed E-state index contributed by atoms with van der Waals surface area (Å²) >= 11 is 6.16. The summed E-state index contributed by atoms with van der Waals surface area (Å²) in [7, 11) is -2.81. The Labute approximate surface area is 171 Å². The van der Waals surface area contributed by atoms with Crippen molar-refractivity contribution in [2.45, 2.75) is 71.3 Å². The van der Waals surface area contributed by atoms with Crippen LogP contribution in [0.15, 0.2) is 18.2 Å². The number of ether oxygens (including phenoxy) is 1. The molecule has 1 aromatic carbocycles. The molecule has 0 spiro atoms. The highest BCUT2D eigenvalue weighted by Gasteiger charge is 2.33. The molecule has 0 radical (unpaired) electrons. The number of benzene rings is 1. The number of aromatic nitrogens is 2. The monoisotopic (exact) mass is 420 g/mol. The molecule has 1 heterocycles. The van der Waals surface area contributed by atoms with Crippen molar-refractivity contribution in [2.24, 2.45) is 0 Å². The Hall–Kier alpha value is -1.07. The summed E-state index contributed by atoms with van der Waals surface area (Å²) in [6.45, 7) is 19.8. The van der Waals surface area contributed by atoms with Gasteiger partial charge in [-0.25, -0.2) is 4.98 Å². The number of nitrogens with zero attached hydrogens (tertiary/aromatic N) is 2. The molecular weight excluding hydrogens is 388 g/mol. The van der Waals surface area contributed by atoms with Crippen molar-refractivity contribution < 1.29 is 4.74 Å². The molecular formula is C21H33ClN2OSi2. The Morgan fingerprint density at radius 1 is 1.15 bits per heavy atom. The second-order valence-corrected chi connectivity index (χ2v) is 21.0. The first-order chi connectivity index (χ1) is 12.3. The molecule has 0 aliphatic carbocycles. The molecule has 0 saturated carbocycles. The summed E-state index contributed by atoms with van der Waals surface area (Å²) in [5.41, 5.74) is 5.46. The lowest BCUT2D eigenvalue weighted by Crippen LogP contribution is -2.35. The number of halogens is 1. The maximum Gasteiger partial charge on any atom is 0.187 e. The number of fused-ring (bicyclic) bond motifs is 1. The van der Waals surface area contributed by atoms with Crippen LogP contribution < -0.4 is 0 Å². The molecule has 0 aliphatic rings. The Morgan fingerprint density at radius 3 is 2.41 bits per heavy atom. The number of rotatable bonds is 5. The van der Waals surface area contributed by atoms with E-state index < -0.39 is 16.1 Å². The van der Waals surface area contributed by atoms with Gasteiger partial charge < -0.3 is 4.74 Å². The average Bonchev–Trinajstić information content (AvgIpc) is 2.84. The second-order valence-electron chi connectivity index (χ2n) is 9.97.